The molecule has 68 valence electrons. The van der Waals surface area contributed by atoms with Crippen LogP contribution >= 0.6 is 0 Å². The summed E-state index contributed by atoms with van der Waals surface area (Å²) in [5, 5.41) is 10.8. The van der Waals surface area contributed by atoms with Gasteiger partial charge in [0.25, 0.3) is 0 Å². The van der Waals surface area contributed by atoms with Crippen LogP contribution in [0, 0.1) is 5.41 Å². The first-order valence-electron chi connectivity index (χ1n) is 4.01. The number of nitrogens with zero attached hydrogens (tertiary/aromatic N) is 4. The van der Waals surface area contributed by atoms with E-state index in [2.05, 4.69) is 36.3 Å². The smallest absolute Gasteiger partial charge is 0.240 e. The molecule has 2 N–H and O–H groups in total. The van der Waals surface area contributed by atoms with E-state index in [9.17, 15) is 0 Å². The topological polar surface area (TPSA) is 69.6 Å². The van der Waals surface area contributed by atoms with Gasteiger partial charge in [-0.15, -0.1) is 0 Å². The second-order valence-corrected chi connectivity index (χ2v) is 4.07. The van der Waals surface area contributed by atoms with Crippen LogP contribution in [0.1, 0.15) is 27.2 Å². The number of anilines is 1. The lowest BCUT2D eigenvalue weighted by atomic mass is 9.92. The van der Waals surface area contributed by atoms with E-state index in [1.807, 2.05) is 0 Å². The van der Waals surface area contributed by atoms with Crippen molar-refractivity contribution in [2.24, 2.45) is 5.41 Å². The van der Waals surface area contributed by atoms with Crippen molar-refractivity contribution in [3.05, 3.63) is 0 Å². The monoisotopic (exact) mass is 169 g/mol. The summed E-state index contributed by atoms with van der Waals surface area (Å²) in [6.07, 6.45) is 1.02. The Morgan fingerprint density at radius 3 is 2.50 bits per heavy atom. The molecule has 1 aromatic heterocycles. The molecule has 12 heavy (non-hydrogen) atoms. The molecule has 0 aliphatic carbocycles. The molecular formula is C7H15N5. The Hall–Kier alpha value is -1.13. The minimum Gasteiger partial charge on any atom is -0.367 e. The van der Waals surface area contributed by atoms with Crippen LogP contribution in [-0.4, -0.2) is 20.2 Å². The number of nitrogens with two attached hydrogens (primary N) is 1. The van der Waals surface area contributed by atoms with Crippen molar-refractivity contribution in [1.82, 2.24) is 20.2 Å². The maximum atomic E-state index is 5.50. The molecule has 0 aromatic carbocycles. The van der Waals surface area contributed by atoms with E-state index >= 15 is 0 Å². The van der Waals surface area contributed by atoms with Gasteiger partial charge in [0.15, 0.2) is 0 Å². The number of hydrogen-bond donors (Lipinski definition) is 1. The lowest BCUT2D eigenvalue weighted by Gasteiger charge is -2.17. The molecule has 0 saturated heterocycles. The first-order valence-corrected chi connectivity index (χ1v) is 4.01. The maximum Gasteiger partial charge on any atom is 0.240 e. The minimum absolute atomic E-state index is 0.290. The first-order chi connectivity index (χ1) is 5.49. The maximum absolute atomic E-state index is 5.50. The molecular weight excluding hydrogens is 154 g/mol. The van der Waals surface area contributed by atoms with Crippen molar-refractivity contribution in [2.45, 2.75) is 33.7 Å². The van der Waals surface area contributed by atoms with Crippen molar-refractivity contribution >= 4 is 5.95 Å². The fourth-order valence-electron chi connectivity index (χ4n) is 0.812. The van der Waals surface area contributed by atoms with Crippen LogP contribution in [0.5, 0.6) is 0 Å². The highest BCUT2D eigenvalue weighted by Crippen LogP contribution is 2.19. The van der Waals surface area contributed by atoms with Crippen molar-refractivity contribution in [3.8, 4) is 0 Å². The van der Waals surface area contributed by atoms with Gasteiger partial charge in [-0.2, -0.15) is 0 Å². The summed E-state index contributed by atoms with van der Waals surface area (Å²) >= 11 is 0. The van der Waals surface area contributed by atoms with E-state index in [0.29, 0.717) is 11.4 Å². The quantitative estimate of drug-likeness (QED) is 0.707. The molecule has 1 heterocycles. The highest BCUT2D eigenvalue weighted by molar-refractivity contribution is 5.09. The zero-order chi connectivity index (χ0) is 9.19. The van der Waals surface area contributed by atoms with Gasteiger partial charge in [-0.3, -0.25) is 0 Å². The molecule has 5 heteroatoms. The van der Waals surface area contributed by atoms with Gasteiger partial charge in [-0.1, -0.05) is 25.9 Å². The fraction of sp³-hybridized carbons (Fsp3) is 0.857. The molecule has 1 aromatic rings. The van der Waals surface area contributed by atoms with Gasteiger partial charge in [-0.05, 0) is 22.3 Å². The van der Waals surface area contributed by atoms with Crippen molar-refractivity contribution in [3.63, 3.8) is 0 Å². The molecule has 0 radical (unpaired) electrons. The molecule has 0 aliphatic heterocycles. The van der Waals surface area contributed by atoms with Crippen LogP contribution in [0.15, 0.2) is 0 Å². The summed E-state index contributed by atoms with van der Waals surface area (Å²) < 4.78 is 1.62. The zero-order valence-electron chi connectivity index (χ0n) is 7.78. The Morgan fingerprint density at radius 1 is 1.42 bits per heavy atom. The van der Waals surface area contributed by atoms with E-state index in [1.165, 1.54) is 0 Å². The number of aromatic nitrogens is 4. The summed E-state index contributed by atoms with van der Waals surface area (Å²) in [6.45, 7) is 7.30. The van der Waals surface area contributed by atoms with Crippen LogP contribution in [0.25, 0.3) is 0 Å². The van der Waals surface area contributed by atoms with Gasteiger partial charge < -0.3 is 5.73 Å². The number of rotatable bonds is 2. The van der Waals surface area contributed by atoms with E-state index in [-0.39, 0.29) is 0 Å². The summed E-state index contributed by atoms with van der Waals surface area (Å²) in [7, 11) is 0. The van der Waals surface area contributed by atoms with E-state index in [1.54, 1.807) is 4.68 Å². The van der Waals surface area contributed by atoms with Crippen LogP contribution in [0.4, 0.5) is 5.95 Å². The zero-order valence-corrected chi connectivity index (χ0v) is 7.78. The minimum atomic E-state index is 0.290. The van der Waals surface area contributed by atoms with Gasteiger partial charge in [-0.25, -0.2) is 4.68 Å². The molecule has 0 saturated carbocycles. The predicted octanol–water partition coefficient (Wildman–Crippen LogP) is 0.691. The second-order valence-electron chi connectivity index (χ2n) is 4.07. The molecule has 0 atom stereocenters. The lowest BCUT2D eigenvalue weighted by molar-refractivity contribution is 0.340. The van der Waals surface area contributed by atoms with Crippen molar-refractivity contribution in [2.75, 3.05) is 5.73 Å². The summed E-state index contributed by atoms with van der Waals surface area (Å²) in [5.74, 6) is 0.388. The molecule has 0 bridgehead atoms. The number of nitrogen functional groups attached to an aromatic ring is 1. The van der Waals surface area contributed by atoms with E-state index < -0.39 is 0 Å². The third-order valence-corrected chi connectivity index (χ3v) is 1.63. The Kier molecular flexibility index (Phi) is 2.30. The highest BCUT2D eigenvalue weighted by atomic mass is 15.6. The SMILES string of the molecule is CC(C)(C)CCn1nnnc1N. The van der Waals surface area contributed by atoms with Crippen LogP contribution in [0.2, 0.25) is 0 Å². The average molecular weight is 169 g/mol. The van der Waals surface area contributed by atoms with E-state index in [4.69, 9.17) is 5.73 Å². The fourth-order valence-corrected chi connectivity index (χ4v) is 0.812. The molecule has 5 nitrogen and oxygen atoms in total. The second kappa shape index (κ2) is 3.08. The first kappa shape index (κ1) is 8.96. The number of tetrazole rings is 1. The summed E-state index contributed by atoms with van der Waals surface area (Å²) in [5.41, 5.74) is 5.79. The van der Waals surface area contributed by atoms with Crippen molar-refractivity contribution < 1.29 is 0 Å². The number of aryl methyl sites for hydroxylation is 1. The Labute approximate surface area is 71.9 Å². The summed E-state index contributed by atoms with van der Waals surface area (Å²) in [6, 6.07) is 0. The third-order valence-electron chi connectivity index (χ3n) is 1.63. The highest BCUT2D eigenvalue weighted by Gasteiger charge is 2.11. The third kappa shape index (κ3) is 2.48. The molecule has 0 amide bonds. The lowest BCUT2D eigenvalue weighted by Crippen LogP contribution is -2.13. The van der Waals surface area contributed by atoms with Gasteiger partial charge in [0, 0.05) is 6.54 Å². The van der Waals surface area contributed by atoms with Crippen LogP contribution < -0.4 is 5.73 Å². The van der Waals surface area contributed by atoms with Gasteiger partial charge in [0.1, 0.15) is 0 Å². The molecule has 0 unspecified atom stereocenters. The molecule has 0 fully saturated rings. The van der Waals surface area contributed by atoms with Gasteiger partial charge in [0.2, 0.25) is 5.95 Å². The Balaban J connectivity index is 2.49. The molecule has 1 rings (SSSR count). The summed E-state index contributed by atoms with van der Waals surface area (Å²) in [4.78, 5) is 0. The van der Waals surface area contributed by atoms with Crippen LogP contribution in [-0.2, 0) is 6.54 Å². The standard InChI is InChI=1S/C7H15N5/c1-7(2,3)4-5-12-6(8)9-10-11-12/h4-5H2,1-3H3,(H2,8,9,11). The molecule has 0 spiro atoms. The van der Waals surface area contributed by atoms with Gasteiger partial charge >= 0.3 is 0 Å². The van der Waals surface area contributed by atoms with Crippen molar-refractivity contribution in [1.29, 1.82) is 0 Å². The number of hydrogen-bond acceptors (Lipinski definition) is 4. The largest absolute Gasteiger partial charge is 0.367 e. The van der Waals surface area contributed by atoms with E-state index in [0.717, 1.165) is 13.0 Å². The Morgan fingerprint density at radius 2 is 2.08 bits per heavy atom. The predicted molar refractivity (Wildman–Crippen MR) is 46.3 cm³/mol. The Bertz CT molecular complexity index is 247. The van der Waals surface area contributed by atoms with Gasteiger partial charge in [0.05, 0.1) is 0 Å². The van der Waals surface area contributed by atoms with Crippen LogP contribution in [0.3, 0.4) is 0 Å². The average Bonchev–Trinajstić information content (AvgIpc) is 2.29. The molecule has 0 aliphatic rings. The normalized spacial score (nSPS) is 11.9.